The fourth-order valence-corrected chi connectivity index (χ4v) is 4.59. The maximum Gasteiger partial charge on any atom is 0.277 e. The number of thioether (sulfide) groups is 1. The van der Waals surface area contributed by atoms with Crippen molar-refractivity contribution in [3.8, 4) is 33.5 Å². The molecule has 160 valence electrons. The van der Waals surface area contributed by atoms with Gasteiger partial charge in [0.2, 0.25) is 0 Å². The quantitative estimate of drug-likeness (QED) is 0.290. The first-order chi connectivity index (χ1) is 15.1. The molecule has 0 saturated heterocycles. The number of hydrogen-bond acceptors (Lipinski definition) is 8. The second-order valence-electron chi connectivity index (χ2n) is 7.15. The summed E-state index contributed by atoms with van der Waals surface area (Å²) in [5.74, 6) is 2.91. The molecule has 31 heavy (non-hydrogen) atoms. The van der Waals surface area contributed by atoms with E-state index in [9.17, 15) is 0 Å². The van der Waals surface area contributed by atoms with Gasteiger partial charge in [-0.1, -0.05) is 49.9 Å². The number of methoxy groups -OCH3 is 2. The first-order valence-corrected chi connectivity index (χ1v) is 11.7. The molecule has 2 heterocycles. The molecule has 0 amide bonds. The highest BCUT2D eigenvalue weighted by atomic mass is 32.2. The smallest absolute Gasteiger partial charge is 0.277 e. The molecule has 0 saturated carbocycles. The maximum atomic E-state index is 5.83. The zero-order chi connectivity index (χ0) is 21.8. The third-order valence-electron chi connectivity index (χ3n) is 4.77. The minimum Gasteiger partial charge on any atom is -0.497 e. The van der Waals surface area contributed by atoms with Gasteiger partial charge >= 0.3 is 0 Å². The van der Waals surface area contributed by atoms with Gasteiger partial charge in [0, 0.05) is 22.8 Å². The molecule has 0 fully saturated rings. The molecule has 2 aromatic carbocycles. The summed E-state index contributed by atoms with van der Waals surface area (Å²) in [4.78, 5) is 4.76. The second kappa shape index (κ2) is 9.53. The predicted molar refractivity (Wildman–Crippen MR) is 124 cm³/mol. The summed E-state index contributed by atoms with van der Waals surface area (Å²) in [6.07, 6.45) is 0. The van der Waals surface area contributed by atoms with E-state index >= 15 is 0 Å². The van der Waals surface area contributed by atoms with Crippen molar-refractivity contribution in [3.63, 3.8) is 0 Å². The lowest BCUT2D eigenvalue weighted by Gasteiger charge is -2.07. The van der Waals surface area contributed by atoms with E-state index in [2.05, 4.69) is 53.7 Å². The summed E-state index contributed by atoms with van der Waals surface area (Å²) in [7, 11) is 3.21. The van der Waals surface area contributed by atoms with Crippen LogP contribution in [-0.4, -0.2) is 29.4 Å². The van der Waals surface area contributed by atoms with Crippen molar-refractivity contribution in [1.29, 1.82) is 0 Å². The van der Waals surface area contributed by atoms with E-state index in [0.717, 1.165) is 21.8 Å². The molecule has 4 rings (SSSR count). The monoisotopic (exact) mass is 453 g/mol. The Morgan fingerprint density at radius 2 is 1.84 bits per heavy atom. The van der Waals surface area contributed by atoms with E-state index in [-0.39, 0.29) is 0 Å². The number of aromatic nitrogens is 3. The summed E-state index contributed by atoms with van der Waals surface area (Å²) in [5.41, 5.74) is 4.18. The molecule has 6 nitrogen and oxygen atoms in total. The second-order valence-corrected chi connectivity index (χ2v) is 8.93. The van der Waals surface area contributed by atoms with E-state index in [1.807, 2.05) is 12.1 Å². The molecule has 0 aliphatic rings. The van der Waals surface area contributed by atoms with Crippen LogP contribution in [0.2, 0.25) is 0 Å². The first kappa shape index (κ1) is 21.4. The summed E-state index contributed by atoms with van der Waals surface area (Å²) in [6, 6.07) is 14.1. The summed E-state index contributed by atoms with van der Waals surface area (Å²) in [6.45, 7) is 4.39. The Hall–Kier alpha value is -2.84. The molecule has 0 spiro atoms. The number of thiazole rings is 1. The van der Waals surface area contributed by atoms with Gasteiger partial charge in [-0.3, -0.25) is 0 Å². The zero-order valence-electron chi connectivity index (χ0n) is 17.8. The molecule has 0 radical (unpaired) electrons. The van der Waals surface area contributed by atoms with Gasteiger partial charge in [0.1, 0.15) is 16.5 Å². The summed E-state index contributed by atoms with van der Waals surface area (Å²) in [5, 5.41) is 11.9. The van der Waals surface area contributed by atoms with E-state index in [1.165, 1.54) is 17.3 Å². The lowest BCUT2D eigenvalue weighted by Crippen LogP contribution is -1.90. The van der Waals surface area contributed by atoms with Crippen molar-refractivity contribution in [2.75, 3.05) is 14.2 Å². The number of benzene rings is 2. The Morgan fingerprint density at radius 1 is 1.03 bits per heavy atom. The SMILES string of the molecule is COc1ccc(-c2nnc(SCc3csc(-c4ccc(C(C)C)cc4)n3)o2)c(OC)c1. The molecule has 0 atom stereocenters. The van der Waals surface area contributed by atoms with Crippen molar-refractivity contribution < 1.29 is 13.9 Å². The van der Waals surface area contributed by atoms with Crippen LogP contribution in [0.25, 0.3) is 22.0 Å². The highest BCUT2D eigenvalue weighted by Crippen LogP contribution is 2.34. The molecule has 0 unspecified atom stereocenters. The molecule has 0 aliphatic carbocycles. The topological polar surface area (TPSA) is 70.3 Å². The van der Waals surface area contributed by atoms with E-state index in [4.69, 9.17) is 18.9 Å². The van der Waals surface area contributed by atoms with Crippen LogP contribution in [0.5, 0.6) is 11.5 Å². The zero-order valence-corrected chi connectivity index (χ0v) is 19.4. The van der Waals surface area contributed by atoms with Gasteiger partial charge in [-0.05, 0) is 23.6 Å². The van der Waals surface area contributed by atoms with Crippen LogP contribution in [0, 0.1) is 0 Å². The van der Waals surface area contributed by atoms with Gasteiger partial charge in [0.25, 0.3) is 11.1 Å². The van der Waals surface area contributed by atoms with Crippen molar-refractivity contribution in [3.05, 3.63) is 59.1 Å². The van der Waals surface area contributed by atoms with Crippen molar-refractivity contribution in [2.45, 2.75) is 30.7 Å². The number of ether oxygens (including phenoxy) is 2. The standard InChI is InChI=1S/C23H23N3O3S2/c1-14(2)15-5-7-16(8-6-15)22-24-17(12-30-22)13-31-23-26-25-21(29-23)19-10-9-18(27-3)11-20(19)28-4/h5-12,14H,13H2,1-4H3. The van der Waals surface area contributed by atoms with Crippen LogP contribution in [0.4, 0.5) is 0 Å². The van der Waals surface area contributed by atoms with Gasteiger partial charge < -0.3 is 13.9 Å². The Balaban J connectivity index is 1.43. The van der Waals surface area contributed by atoms with Gasteiger partial charge in [0.05, 0.1) is 25.5 Å². The third-order valence-corrected chi connectivity index (χ3v) is 6.56. The lowest BCUT2D eigenvalue weighted by atomic mass is 10.0. The Morgan fingerprint density at radius 3 is 2.55 bits per heavy atom. The summed E-state index contributed by atoms with van der Waals surface area (Å²) < 4.78 is 16.5. The number of nitrogens with zero attached hydrogens (tertiary/aromatic N) is 3. The van der Waals surface area contributed by atoms with E-state index in [1.54, 1.807) is 31.6 Å². The van der Waals surface area contributed by atoms with Crippen LogP contribution in [0.15, 0.2) is 57.5 Å². The fourth-order valence-electron chi connectivity index (χ4n) is 3.00. The Labute approximate surface area is 189 Å². The predicted octanol–water partition coefficient (Wildman–Crippen LogP) is 6.29. The van der Waals surface area contributed by atoms with Crippen molar-refractivity contribution in [1.82, 2.24) is 15.2 Å². The molecular formula is C23H23N3O3S2. The van der Waals surface area contributed by atoms with Crippen molar-refractivity contribution in [2.24, 2.45) is 0 Å². The normalized spacial score (nSPS) is 11.1. The lowest BCUT2D eigenvalue weighted by molar-refractivity contribution is 0.393. The van der Waals surface area contributed by atoms with E-state index in [0.29, 0.717) is 34.3 Å². The first-order valence-electron chi connectivity index (χ1n) is 9.81. The molecular weight excluding hydrogens is 430 g/mol. The molecule has 0 N–H and O–H groups in total. The average molecular weight is 454 g/mol. The van der Waals surface area contributed by atoms with Gasteiger partial charge in [0.15, 0.2) is 0 Å². The molecule has 2 aromatic heterocycles. The van der Waals surface area contributed by atoms with Crippen LogP contribution in [-0.2, 0) is 5.75 Å². The van der Waals surface area contributed by atoms with Gasteiger partial charge in [-0.2, -0.15) is 0 Å². The average Bonchev–Trinajstić information content (AvgIpc) is 3.47. The van der Waals surface area contributed by atoms with Gasteiger partial charge in [-0.15, -0.1) is 21.5 Å². The Kier molecular flexibility index (Phi) is 6.58. The van der Waals surface area contributed by atoms with Gasteiger partial charge in [-0.25, -0.2) is 4.98 Å². The van der Waals surface area contributed by atoms with Crippen LogP contribution in [0.3, 0.4) is 0 Å². The fraction of sp³-hybridized carbons (Fsp3) is 0.261. The van der Waals surface area contributed by atoms with Crippen molar-refractivity contribution >= 4 is 23.1 Å². The Bertz CT molecular complexity index is 1150. The molecule has 0 bridgehead atoms. The molecule has 8 heteroatoms. The maximum absolute atomic E-state index is 5.83. The molecule has 0 aliphatic heterocycles. The number of hydrogen-bond donors (Lipinski definition) is 0. The molecule has 4 aromatic rings. The summed E-state index contributed by atoms with van der Waals surface area (Å²) >= 11 is 3.11. The minimum absolute atomic E-state index is 0.409. The highest BCUT2D eigenvalue weighted by molar-refractivity contribution is 7.98. The largest absolute Gasteiger partial charge is 0.497 e. The third kappa shape index (κ3) is 4.91. The highest BCUT2D eigenvalue weighted by Gasteiger charge is 2.15. The van der Waals surface area contributed by atoms with Crippen LogP contribution < -0.4 is 9.47 Å². The minimum atomic E-state index is 0.409. The van der Waals surface area contributed by atoms with E-state index < -0.39 is 0 Å². The number of rotatable bonds is 8. The van der Waals surface area contributed by atoms with Crippen LogP contribution >= 0.6 is 23.1 Å². The van der Waals surface area contributed by atoms with Crippen LogP contribution in [0.1, 0.15) is 31.0 Å².